The first-order valence-electron chi connectivity index (χ1n) is 9.20. The molecule has 4 N–H and O–H groups in total. The van der Waals surface area contributed by atoms with E-state index >= 15 is 0 Å². The summed E-state index contributed by atoms with van der Waals surface area (Å²) in [5.41, 5.74) is 0. The first-order valence-corrected chi connectivity index (χ1v) is 9.20. The summed E-state index contributed by atoms with van der Waals surface area (Å²) >= 11 is 0. The minimum atomic E-state index is -0.983. The van der Waals surface area contributed by atoms with Gasteiger partial charge in [-0.2, -0.15) is 0 Å². The van der Waals surface area contributed by atoms with Crippen LogP contribution < -0.4 is 0 Å². The molecule has 0 aliphatic carbocycles. The third kappa shape index (κ3) is 11.5. The highest BCUT2D eigenvalue weighted by Gasteiger charge is 2.24. The van der Waals surface area contributed by atoms with Gasteiger partial charge < -0.3 is 25.2 Å². The van der Waals surface area contributed by atoms with Crippen molar-refractivity contribution < 1.29 is 39.6 Å². The summed E-state index contributed by atoms with van der Waals surface area (Å²) in [6, 6.07) is -0.764. The SMILES string of the molecule is C=O.CC(C(=O)O)N1CCN(CC(=O)O)CCN(CO)CCN(CC(=O)O)CC1. The number of rotatable bonds is 7. The van der Waals surface area contributed by atoms with Gasteiger partial charge in [0.2, 0.25) is 0 Å². The van der Waals surface area contributed by atoms with E-state index in [0.29, 0.717) is 52.4 Å². The number of aliphatic hydroxyl groups is 1. The zero-order valence-electron chi connectivity index (χ0n) is 16.8. The average molecular weight is 420 g/mol. The molecule has 1 heterocycles. The molecule has 1 unspecified atom stereocenters. The molecule has 1 saturated heterocycles. The number of aliphatic hydroxyl groups excluding tert-OH is 1. The predicted octanol–water partition coefficient (Wildman–Crippen LogP) is -2.38. The van der Waals surface area contributed by atoms with Crippen molar-refractivity contribution in [2.75, 3.05) is 72.2 Å². The van der Waals surface area contributed by atoms with Crippen LogP contribution in [0.5, 0.6) is 0 Å². The predicted molar refractivity (Wildman–Crippen MR) is 103 cm³/mol. The van der Waals surface area contributed by atoms with E-state index < -0.39 is 23.9 Å². The molecule has 0 spiro atoms. The Bertz CT molecular complexity index is 490. The minimum absolute atomic E-state index is 0.167. The van der Waals surface area contributed by atoms with E-state index in [-0.39, 0.29) is 19.8 Å². The Kier molecular flexibility index (Phi) is 13.7. The normalized spacial score (nSPS) is 19.8. The third-order valence-corrected chi connectivity index (χ3v) is 4.69. The lowest BCUT2D eigenvalue weighted by atomic mass is 10.2. The van der Waals surface area contributed by atoms with Crippen LogP contribution in [0.15, 0.2) is 0 Å². The summed E-state index contributed by atoms with van der Waals surface area (Å²) in [6.45, 7) is 6.11. The number of carbonyl (C=O) groups excluding carboxylic acids is 1. The molecule has 12 heteroatoms. The highest BCUT2D eigenvalue weighted by molar-refractivity contribution is 5.73. The number of carboxylic acid groups (broad SMARTS) is 3. The lowest BCUT2D eigenvalue weighted by molar-refractivity contribution is -0.144. The maximum Gasteiger partial charge on any atom is 0.320 e. The Morgan fingerprint density at radius 1 is 0.759 bits per heavy atom. The van der Waals surface area contributed by atoms with E-state index in [2.05, 4.69) is 0 Å². The fourth-order valence-corrected chi connectivity index (χ4v) is 2.94. The lowest BCUT2D eigenvalue weighted by Gasteiger charge is -2.34. The minimum Gasteiger partial charge on any atom is -0.480 e. The van der Waals surface area contributed by atoms with Crippen molar-refractivity contribution in [1.82, 2.24) is 19.6 Å². The molecule has 0 bridgehead atoms. The molecule has 1 atom stereocenters. The first-order chi connectivity index (χ1) is 13.7. The molecule has 1 aliphatic heterocycles. The number of carbonyl (C=O) groups is 4. The molecule has 0 aromatic heterocycles. The Labute approximate surface area is 169 Å². The Morgan fingerprint density at radius 2 is 1.10 bits per heavy atom. The van der Waals surface area contributed by atoms with Gasteiger partial charge in [0, 0.05) is 52.4 Å². The van der Waals surface area contributed by atoms with Crippen molar-refractivity contribution in [3.05, 3.63) is 0 Å². The Morgan fingerprint density at radius 3 is 1.41 bits per heavy atom. The van der Waals surface area contributed by atoms with Crippen LogP contribution in [-0.2, 0) is 19.2 Å². The fraction of sp³-hybridized carbons (Fsp3) is 0.765. The van der Waals surface area contributed by atoms with E-state index in [1.165, 1.54) is 0 Å². The monoisotopic (exact) mass is 420 g/mol. The van der Waals surface area contributed by atoms with Crippen LogP contribution in [0.25, 0.3) is 0 Å². The van der Waals surface area contributed by atoms with E-state index in [1.54, 1.807) is 26.5 Å². The molecule has 12 nitrogen and oxygen atoms in total. The molecule has 0 amide bonds. The number of hydrogen-bond acceptors (Lipinski definition) is 9. The van der Waals surface area contributed by atoms with Gasteiger partial charge in [-0.1, -0.05) is 0 Å². The van der Waals surface area contributed by atoms with Gasteiger partial charge in [-0.05, 0) is 6.92 Å². The van der Waals surface area contributed by atoms with E-state index in [4.69, 9.17) is 15.0 Å². The van der Waals surface area contributed by atoms with Crippen LogP contribution in [0, 0.1) is 0 Å². The molecular formula is C17H32N4O8. The molecule has 29 heavy (non-hydrogen) atoms. The zero-order valence-corrected chi connectivity index (χ0v) is 16.8. The molecule has 0 aromatic rings. The Hall–Kier alpha value is -2.12. The van der Waals surface area contributed by atoms with E-state index in [1.807, 2.05) is 6.79 Å². The average Bonchev–Trinajstić information content (AvgIpc) is 2.66. The summed E-state index contributed by atoms with van der Waals surface area (Å²) in [6.07, 6.45) is 0. The van der Waals surface area contributed by atoms with Crippen molar-refractivity contribution in [1.29, 1.82) is 0 Å². The van der Waals surface area contributed by atoms with E-state index in [0.717, 1.165) is 0 Å². The molecule has 168 valence electrons. The smallest absolute Gasteiger partial charge is 0.320 e. The van der Waals surface area contributed by atoms with Gasteiger partial charge in [0.25, 0.3) is 0 Å². The van der Waals surface area contributed by atoms with Crippen molar-refractivity contribution in [2.45, 2.75) is 13.0 Å². The summed E-state index contributed by atoms with van der Waals surface area (Å²) in [4.78, 5) is 48.4. The molecule has 0 radical (unpaired) electrons. The second kappa shape index (κ2) is 14.8. The molecular weight excluding hydrogens is 388 g/mol. The lowest BCUT2D eigenvalue weighted by Crippen LogP contribution is -2.50. The summed E-state index contributed by atoms with van der Waals surface area (Å²) < 4.78 is 0. The largest absolute Gasteiger partial charge is 0.480 e. The third-order valence-electron chi connectivity index (χ3n) is 4.69. The van der Waals surface area contributed by atoms with Crippen molar-refractivity contribution >= 4 is 24.7 Å². The van der Waals surface area contributed by atoms with Crippen LogP contribution in [0.3, 0.4) is 0 Å². The van der Waals surface area contributed by atoms with Crippen molar-refractivity contribution in [2.24, 2.45) is 0 Å². The molecule has 0 aromatic carbocycles. The summed E-state index contributed by atoms with van der Waals surface area (Å²) in [5.74, 6) is -2.92. The zero-order chi connectivity index (χ0) is 22.4. The molecule has 0 saturated carbocycles. The fourth-order valence-electron chi connectivity index (χ4n) is 2.94. The van der Waals surface area contributed by atoms with Crippen LogP contribution in [0.4, 0.5) is 0 Å². The van der Waals surface area contributed by atoms with Crippen LogP contribution >= 0.6 is 0 Å². The quantitative estimate of drug-likeness (QED) is 0.346. The van der Waals surface area contributed by atoms with Crippen LogP contribution in [0.2, 0.25) is 0 Å². The number of aliphatic carboxylic acids is 3. The molecule has 1 rings (SSSR count). The Balaban J connectivity index is 0.00000379. The van der Waals surface area contributed by atoms with Crippen LogP contribution in [-0.4, -0.2) is 143 Å². The number of nitrogens with zero attached hydrogens (tertiary/aromatic N) is 4. The summed E-state index contributed by atoms with van der Waals surface area (Å²) in [5, 5.41) is 37.0. The van der Waals surface area contributed by atoms with Gasteiger partial charge in [-0.25, -0.2) is 0 Å². The van der Waals surface area contributed by atoms with Gasteiger partial charge in [0.1, 0.15) is 12.8 Å². The number of carboxylic acids is 3. The first kappa shape index (κ1) is 26.9. The summed E-state index contributed by atoms with van der Waals surface area (Å²) in [7, 11) is 0. The van der Waals surface area contributed by atoms with Gasteiger partial charge in [-0.15, -0.1) is 0 Å². The van der Waals surface area contributed by atoms with Gasteiger partial charge in [0.05, 0.1) is 19.8 Å². The second-order valence-electron chi connectivity index (χ2n) is 6.65. The molecule has 1 aliphatic rings. The standard InChI is InChI=1S/C16H30N4O7.CH2O/c1-13(16(26)27)20-8-6-17(10-14(22)23)2-4-19(12-21)5-3-18(7-9-20)11-15(24)25;1-2/h13,21H,2-12H2,1H3,(H,22,23)(H,24,25)(H,26,27);1H2. The topological polar surface area (TPSA) is 162 Å². The van der Waals surface area contributed by atoms with Gasteiger partial charge in [-0.3, -0.25) is 34.0 Å². The maximum atomic E-state index is 11.4. The number of hydrogen-bond donors (Lipinski definition) is 4. The molecule has 1 fully saturated rings. The highest BCUT2D eigenvalue weighted by Crippen LogP contribution is 2.04. The van der Waals surface area contributed by atoms with Crippen LogP contribution in [0.1, 0.15) is 6.92 Å². The van der Waals surface area contributed by atoms with E-state index in [9.17, 15) is 24.6 Å². The van der Waals surface area contributed by atoms with Crippen molar-refractivity contribution in [3.63, 3.8) is 0 Å². The van der Waals surface area contributed by atoms with Crippen molar-refractivity contribution in [3.8, 4) is 0 Å². The highest BCUT2D eigenvalue weighted by atomic mass is 16.4. The maximum absolute atomic E-state index is 11.4. The van der Waals surface area contributed by atoms with Gasteiger partial charge in [0.15, 0.2) is 0 Å². The van der Waals surface area contributed by atoms with Gasteiger partial charge >= 0.3 is 17.9 Å². The second-order valence-corrected chi connectivity index (χ2v) is 6.65.